The van der Waals surface area contributed by atoms with E-state index in [4.69, 9.17) is 9.22 Å². The lowest BCUT2D eigenvalue weighted by molar-refractivity contribution is -0.289. The van der Waals surface area contributed by atoms with Gasteiger partial charge in [-0.05, 0) is 63.9 Å². The van der Waals surface area contributed by atoms with Crippen molar-refractivity contribution in [3.05, 3.63) is 60.2 Å². The number of allylic oxidation sites excluding steroid dienone is 3. The van der Waals surface area contributed by atoms with Gasteiger partial charge in [0.25, 0.3) is 0 Å². The molecule has 0 spiro atoms. The lowest BCUT2D eigenvalue weighted by atomic mass is 9.75. The summed E-state index contributed by atoms with van der Waals surface area (Å²) in [4.78, 5) is 6.02. The Kier molecular flexibility index (Phi) is 20.8. The molecule has 3 atom stereocenters. The molecule has 0 saturated heterocycles. The molecule has 198 valence electrons. The normalized spacial score (nSPS) is 20.6. The molecule has 0 N–H and O–H groups in total. The van der Waals surface area contributed by atoms with Crippen LogP contribution in [0.3, 0.4) is 0 Å². The van der Waals surface area contributed by atoms with Gasteiger partial charge in [-0.2, -0.15) is 0 Å². The summed E-state index contributed by atoms with van der Waals surface area (Å²) in [5.74, 6) is 3.80. The smallest absolute Gasteiger partial charge is 0.121 e. The quantitative estimate of drug-likeness (QED) is 0.0669. The van der Waals surface area contributed by atoms with Crippen LogP contribution in [0.5, 0.6) is 0 Å². The van der Waals surface area contributed by atoms with Crippen molar-refractivity contribution in [1.82, 2.24) is 4.31 Å². The van der Waals surface area contributed by atoms with Gasteiger partial charge < -0.3 is 0 Å². The van der Waals surface area contributed by atoms with Crippen molar-refractivity contribution in [1.29, 1.82) is 0 Å². The van der Waals surface area contributed by atoms with Gasteiger partial charge in [-0.1, -0.05) is 102 Å². The highest BCUT2D eigenvalue weighted by atomic mass is 32.2. The van der Waals surface area contributed by atoms with E-state index in [1.807, 2.05) is 26.8 Å². The maximum absolute atomic E-state index is 6.02. The van der Waals surface area contributed by atoms with Crippen molar-refractivity contribution < 1.29 is 9.22 Å². The summed E-state index contributed by atoms with van der Waals surface area (Å²) in [5.41, 5.74) is 1.11. The fourth-order valence-electron chi connectivity index (χ4n) is 4.17. The number of hydrogen-bond acceptors (Lipinski definition) is 4. The molecule has 1 aliphatic rings. The minimum absolute atomic E-state index is 0.173. The summed E-state index contributed by atoms with van der Waals surface area (Å²) >= 11 is 1.35. The Balaban J connectivity index is 0.00000214. The van der Waals surface area contributed by atoms with Crippen LogP contribution in [0.4, 0.5) is 0 Å². The largest absolute Gasteiger partial charge is 0.219 e. The monoisotopic (exact) mass is 501 g/mol. The number of nitrogens with zero attached hydrogens (tertiary/aromatic N) is 1. The van der Waals surface area contributed by atoms with E-state index in [1.54, 1.807) is 6.92 Å². The molecule has 4 heteroatoms. The number of benzene rings is 1. The third-order valence-electron chi connectivity index (χ3n) is 6.03. The van der Waals surface area contributed by atoms with Crippen LogP contribution in [0.15, 0.2) is 54.6 Å². The summed E-state index contributed by atoms with van der Waals surface area (Å²) in [7, 11) is 0. The van der Waals surface area contributed by atoms with Crippen LogP contribution in [0, 0.1) is 24.2 Å². The van der Waals surface area contributed by atoms with E-state index in [2.05, 4.69) is 86.0 Å². The molecule has 1 aromatic carbocycles. The third-order valence-corrected chi connectivity index (χ3v) is 6.68. The Labute approximate surface area is 222 Å². The Morgan fingerprint density at radius 2 is 1.94 bits per heavy atom. The Bertz CT molecular complexity index is 712. The van der Waals surface area contributed by atoms with E-state index in [1.165, 1.54) is 43.5 Å². The van der Waals surface area contributed by atoms with E-state index in [9.17, 15) is 0 Å². The lowest BCUT2D eigenvalue weighted by Crippen LogP contribution is -2.35. The van der Waals surface area contributed by atoms with Gasteiger partial charge in [-0.25, -0.2) is 9.19 Å². The Hall–Kier alpha value is -1.51. The highest BCUT2D eigenvalue weighted by molar-refractivity contribution is 7.92. The van der Waals surface area contributed by atoms with Crippen molar-refractivity contribution in [3.8, 4) is 12.3 Å². The molecule has 0 aliphatic heterocycles. The second-order valence-corrected chi connectivity index (χ2v) is 10.1. The van der Waals surface area contributed by atoms with Crippen LogP contribution >= 0.6 is 12.2 Å². The van der Waals surface area contributed by atoms with Gasteiger partial charge in [0.05, 0.1) is 0 Å². The number of terminal acetylenes is 1. The first-order chi connectivity index (χ1) is 17.0. The molecule has 2 rings (SSSR count). The van der Waals surface area contributed by atoms with Gasteiger partial charge >= 0.3 is 0 Å². The molecular weight excluding hydrogens is 450 g/mol. The van der Waals surface area contributed by atoms with E-state index in [-0.39, 0.29) is 5.60 Å². The van der Waals surface area contributed by atoms with Crippen LogP contribution in [0.25, 0.3) is 0 Å². The zero-order valence-electron chi connectivity index (χ0n) is 23.5. The van der Waals surface area contributed by atoms with Crippen LogP contribution in [0.1, 0.15) is 99.0 Å². The molecule has 1 saturated carbocycles. The first-order valence-electron chi connectivity index (χ1n) is 13.4. The minimum atomic E-state index is -0.173. The molecule has 0 aromatic heterocycles. The summed E-state index contributed by atoms with van der Waals surface area (Å²) in [6.07, 6.45) is 21.3. The van der Waals surface area contributed by atoms with Crippen molar-refractivity contribution in [2.75, 3.05) is 6.54 Å². The first-order valence-corrected chi connectivity index (χ1v) is 14.1. The van der Waals surface area contributed by atoms with E-state index >= 15 is 0 Å². The highest BCUT2D eigenvalue weighted by Gasteiger charge is 2.35. The molecule has 3 unspecified atom stereocenters. The third kappa shape index (κ3) is 16.7. The fraction of sp³-hybridized carbons (Fsp3) is 0.613. The Morgan fingerprint density at radius 1 is 1.26 bits per heavy atom. The molecule has 35 heavy (non-hydrogen) atoms. The van der Waals surface area contributed by atoms with Gasteiger partial charge in [0.15, 0.2) is 0 Å². The van der Waals surface area contributed by atoms with E-state index < -0.39 is 0 Å². The van der Waals surface area contributed by atoms with Crippen LogP contribution in [-0.4, -0.2) is 16.5 Å². The second-order valence-electron chi connectivity index (χ2n) is 9.27. The molecule has 0 amide bonds. The van der Waals surface area contributed by atoms with Crippen LogP contribution in [0.2, 0.25) is 0 Å². The molecule has 1 fully saturated rings. The summed E-state index contributed by atoms with van der Waals surface area (Å²) < 4.78 is 8.01. The van der Waals surface area contributed by atoms with Crippen molar-refractivity contribution in [2.24, 2.45) is 11.8 Å². The molecule has 0 radical (unpaired) electrons. The molecular formula is C31H51NO2S. The average molecular weight is 502 g/mol. The second kappa shape index (κ2) is 21.7. The topological polar surface area (TPSA) is 21.7 Å². The fourth-order valence-corrected chi connectivity index (χ4v) is 4.83. The van der Waals surface area contributed by atoms with Crippen LogP contribution < -0.4 is 0 Å². The average Bonchev–Trinajstić information content (AvgIpc) is 2.86. The maximum Gasteiger partial charge on any atom is 0.121 e. The van der Waals surface area contributed by atoms with Crippen molar-refractivity contribution in [3.63, 3.8) is 0 Å². The Morgan fingerprint density at radius 3 is 2.57 bits per heavy atom. The van der Waals surface area contributed by atoms with Crippen LogP contribution in [-0.2, 0) is 15.8 Å². The highest BCUT2D eigenvalue weighted by Crippen LogP contribution is 2.39. The summed E-state index contributed by atoms with van der Waals surface area (Å²) in [6.45, 7) is 16.3. The minimum Gasteiger partial charge on any atom is -0.219 e. The SMILES string of the molecule is C#CC.C/C=C\C=C/CCN(Cc1ccccc1)SOOC1(C)CCCC(CC(C)CC)C1.CC. The van der Waals surface area contributed by atoms with E-state index in [0.29, 0.717) is 0 Å². The number of rotatable bonds is 13. The standard InChI is InChI=1S/C26H41NO2S.C3H4.C2H6/c1-5-7-8-9-13-19-27(22-24-15-11-10-12-16-24)30-29-28-26(4)18-14-17-25(21-26)20-23(3)6-2;1-3-2;1-2/h5,7-12,15-16,23,25H,6,13-14,17-22H2,1-4H3;1H,2H3;1-2H3/b7-5-,9-8-;;. The van der Waals surface area contributed by atoms with Gasteiger partial charge in [-0.15, -0.1) is 16.7 Å². The first kappa shape index (κ1) is 33.5. The van der Waals surface area contributed by atoms with E-state index in [0.717, 1.165) is 44.2 Å². The van der Waals surface area contributed by atoms with Crippen molar-refractivity contribution in [2.45, 2.75) is 106 Å². The van der Waals surface area contributed by atoms with Crippen molar-refractivity contribution >= 4 is 12.2 Å². The zero-order chi connectivity index (χ0) is 26.4. The maximum atomic E-state index is 6.02. The van der Waals surface area contributed by atoms with Gasteiger partial charge in [0.2, 0.25) is 0 Å². The van der Waals surface area contributed by atoms with Gasteiger partial charge in [-0.3, -0.25) is 0 Å². The number of hydrogen-bond donors (Lipinski definition) is 0. The lowest BCUT2D eigenvalue weighted by Gasteiger charge is -2.37. The zero-order valence-corrected chi connectivity index (χ0v) is 24.3. The molecule has 0 heterocycles. The molecule has 3 nitrogen and oxygen atoms in total. The predicted octanol–water partition coefficient (Wildman–Crippen LogP) is 9.57. The molecule has 0 bridgehead atoms. The predicted molar refractivity (Wildman–Crippen MR) is 155 cm³/mol. The molecule has 1 aliphatic carbocycles. The summed E-state index contributed by atoms with van der Waals surface area (Å²) in [5, 5.41) is 0. The van der Waals surface area contributed by atoms with Gasteiger partial charge in [0.1, 0.15) is 17.8 Å². The molecule has 1 aromatic rings. The summed E-state index contributed by atoms with van der Waals surface area (Å²) in [6, 6.07) is 10.5. The van der Waals surface area contributed by atoms with Gasteiger partial charge in [0, 0.05) is 13.1 Å².